The predicted molar refractivity (Wildman–Crippen MR) is 92.8 cm³/mol. The standard InChI is InChI=1S/C20H33N/c1-14-7-8-18(19(12-14)21-6)20(4,5)13-17-10-15(2)9-16(3)11-17/h9-11,14,18-19,21H,7-8,12-13H2,1-6H3. The fourth-order valence-corrected chi connectivity index (χ4v) is 4.46. The second kappa shape index (κ2) is 6.52. The summed E-state index contributed by atoms with van der Waals surface area (Å²) in [5.41, 5.74) is 4.64. The third-order valence-corrected chi connectivity index (χ3v) is 5.43. The number of hydrogen-bond acceptors (Lipinski definition) is 1. The van der Waals surface area contributed by atoms with E-state index in [-0.39, 0.29) is 0 Å². The molecular formula is C20H33N. The van der Waals surface area contributed by atoms with Crippen LogP contribution in [0.25, 0.3) is 0 Å². The van der Waals surface area contributed by atoms with E-state index < -0.39 is 0 Å². The van der Waals surface area contributed by atoms with Gasteiger partial charge in [0.2, 0.25) is 0 Å². The highest BCUT2D eigenvalue weighted by Gasteiger charge is 2.38. The Morgan fingerprint density at radius 2 is 1.71 bits per heavy atom. The summed E-state index contributed by atoms with van der Waals surface area (Å²) in [6.45, 7) is 11.8. The Morgan fingerprint density at radius 3 is 2.29 bits per heavy atom. The summed E-state index contributed by atoms with van der Waals surface area (Å²) in [5.74, 6) is 1.65. The van der Waals surface area contributed by atoms with Crippen LogP contribution < -0.4 is 5.32 Å². The molecule has 0 amide bonds. The normalized spacial score (nSPS) is 26.9. The largest absolute Gasteiger partial charge is 0.317 e. The first kappa shape index (κ1) is 16.5. The van der Waals surface area contributed by atoms with Crippen LogP contribution in [0.1, 0.15) is 56.7 Å². The molecule has 118 valence electrons. The van der Waals surface area contributed by atoms with Crippen LogP contribution in [0.2, 0.25) is 0 Å². The summed E-state index contributed by atoms with van der Waals surface area (Å²) in [7, 11) is 2.14. The van der Waals surface area contributed by atoms with Gasteiger partial charge in [-0.3, -0.25) is 0 Å². The molecule has 1 heteroatoms. The highest BCUT2D eigenvalue weighted by atomic mass is 14.9. The maximum atomic E-state index is 3.60. The van der Waals surface area contributed by atoms with Gasteiger partial charge in [-0.05, 0) is 63.0 Å². The van der Waals surface area contributed by atoms with E-state index in [0.717, 1.165) is 11.8 Å². The van der Waals surface area contributed by atoms with E-state index in [4.69, 9.17) is 0 Å². The van der Waals surface area contributed by atoms with Crippen LogP contribution >= 0.6 is 0 Å². The van der Waals surface area contributed by atoms with Gasteiger partial charge in [0.15, 0.2) is 0 Å². The lowest BCUT2D eigenvalue weighted by Gasteiger charge is -2.44. The molecule has 1 aromatic carbocycles. The van der Waals surface area contributed by atoms with Gasteiger partial charge >= 0.3 is 0 Å². The van der Waals surface area contributed by atoms with E-state index in [1.54, 1.807) is 0 Å². The molecule has 1 nitrogen and oxygen atoms in total. The Hall–Kier alpha value is -0.820. The summed E-state index contributed by atoms with van der Waals surface area (Å²) >= 11 is 0. The van der Waals surface area contributed by atoms with Crippen molar-refractivity contribution in [2.75, 3.05) is 7.05 Å². The Balaban J connectivity index is 2.16. The van der Waals surface area contributed by atoms with E-state index in [9.17, 15) is 0 Å². The smallest absolute Gasteiger partial charge is 0.0100 e. The highest BCUT2D eigenvalue weighted by Crippen LogP contribution is 2.42. The zero-order valence-electron chi connectivity index (χ0n) is 14.8. The third kappa shape index (κ3) is 4.10. The summed E-state index contributed by atoms with van der Waals surface area (Å²) < 4.78 is 0. The van der Waals surface area contributed by atoms with Crippen molar-refractivity contribution in [2.24, 2.45) is 17.3 Å². The van der Waals surface area contributed by atoms with E-state index in [2.05, 4.69) is 65.2 Å². The van der Waals surface area contributed by atoms with Gasteiger partial charge in [0.1, 0.15) is 0 Å². The van der Waals surface area contributed by atoms with Crippen LogP contribution in [0.5, 0.6) is 0 Å². The average molecular weight is 287 g/mol. The average Bonchev–Trinajstić information content (AvgIpc) is 2.36. The lowest BCUT2D eigenvalue weighted by molar-refractivity contribution is 0.0980. The molecule has 3 unspecified atom stereocenters. The molecule has 0 aliphatic heterocycles. The first-order chi connectivity index (χ1) is 9.81. The van der Waals surface area contributed by atoms with Crippen LogP contribution in [0, 0.1) is 31.1 Å². The molecule has 3 atom stereocenters. The topological polar surface area (TPSA) is 12.0 Å². The minimum Gasteiger partial charge on any atom is -0.317 e. The first-order valence-corrected chi connectivity index (χ1v) is 8.56. The molecule has 1 N–H and O–H groups in total. The van der Waals surface area contributed by atoms with E-state index in [1.807, 2.05) is 0 Å². The van der Waals surface area contributed by atoms with Crippen molar-refractivity contribution in [1.29, 1.82) is 0 Å². The molecule has 1 fully saturated rings. The molecule has 21 heavy (non-hydrogen) atoms. The number of rotatable bonds is 4. The molecular weight excluding hydrogens is 254 g/mol. The first-order valence-electron chi connectivity index (χ1n) is 8.56. The fraction of sp³-hybridized carbons (Fsp3) is 0.700. The lowest BCUT2D eigenvalue weighted by Crippen LogP contribution is -2.46. The summed E-state index contributed by atoms with van der Waals surface area (Å²) in [4.78, 5) is 0. The molecule has 0 radical (unpaired) electrons. The van der Waals surface area contributed by atoms with E-state index >= 15 is 0 Å². The fourth-order valence-electron chi connectivity index (χ4n) is 4.46. The molecule has 2 rings (SSSR count). The second-order valence-corrected chi connectivity index (χ2v) is 8.08. The van der Waals surface area contributed by atoms with Gasteiger partial charge in [-0.2, -0.15) is 0 Å². The van der Waals surface area contributed by atoms with Crippen LogP contribution in [0.4, 0.5) is 0 Å². The Bertz CT molecular complexity index is 454. The molecule has 1 aliphatic rings. The van der Waals surface area contributed by atoms with Crippen LogP contribution in [-0.2, 0) is 6.42 Å². The molecule has 0 heterocycles. The van der Waals surface area contributed by atoms with Crippen molar-refractivity contribution in [3.05, 3.63) is 34.9 Å². The molecule has 1 aliphatic carbocycles. The lowest BCUT2D eigenvalue weighted by atomic mass is 9.64. The van der Waals surface area contributed by atoms with Gasteiger partial charge < -0.3 is 5.32 Å². The minimum atomic E-state index is 0.355. The van der Waals surface area contributed by atoms with E-state index in [1.165, 1.54) is 42.4 Å². The summed E-state index contributed by atoms with van der Waals surface area (Å²) in [6, 6.07) is 7.69. The van der Waals surface area contributed by atoms with Gasteiger partial charge in [-0.1, -0.05) is 56.5 Å². The summed E-state index contributed by atoms with van der Waals surface area (Å²) in [5, 5.41) is 3.60. The molecule has 1 saturated carbocycles. The Kier molecular flexibility index (Phi) is 5.14. The predicted octanol–water partition coefficient (Wildman–Crippen LogP) is 4.90. The minimum absolute atomic E-state index is 0.355. The highest BCUT2D eigenvalue weighted by molar-refractivity contribution is 5.29. The van der Waals surface area contributed by atoms with Crippen molar-refractivity contribution in [3.8, 4) is 0 Å². The van der Waals surface area contributed by atoms with Crippen LogP contribution in [0.15, 0.2) is 18.2 Å². The molecule has 0 aromatic heterocycles. The summed E-state index contributed by atoms with van der Waals surface area (Å²) in [6.07, 6.45) is 5.27. The van der Waals surface area contributed by atoms with Crippen molar-refractivity contribution in [1.82, 2.24) is 5.32 Å². The second-order valence-electron chi connectivity index (χ2n) is 8.08. The Morgan fingerprint density at radius 1 is 1.10 bits per heavy atom. The van der Waals surface area contributed by atoms with E-state index in [0.29, 0.717) is 11.5 Å². The number of aryl methyl sites for hydroxylation is 2. The molecule has 1 aromatic rings. The quantitative estimate of drug-likeness (QED) is 0.831. The van der Waals surface area contributed by atoms with Crippen molar-refractivity contribution in [3.63, 3.8) is 0 Å². The number of hydrogen-bond donors (Lipinski definition) is 1. The zero-order chi connectivity index (χ0) is 15.6. The van der Waals surface area contributed by atoms with Crippen molar-refractivity contribution in [2.45, 2.75) is 66.3 Å². The SMILES string of the molecule is CNC1CC(C)CCC1C(C)(C)Cc1cc(C)cc(C)c1. The van der Waals surface area contributed by atoms with Gasteiger partial charge in [0.05, 0.1) is 0 Å². The monoisotopic (exact) mass is 287 g/mol. The van der Waals surface area contributed by atoms with Gasteiger partial charge in [-0.15, -0.1) is 0 Å². The van der Waals surface area contributed by atoms with Gasteiger partial charge in [-0.25, -0.2) is 0 Å². The maximum absolute atomic E-state index is 3.60. The van der Waals surface area contributed by atoms with Crippen molar-refractivity contribution >= 4 is 0 Å². The Labute approximate surface area is 131 Å². The number of nitrogens with one attached hydrogen (secondary N) is 1. The van der Waals surface area contributed by atoms with Gasteiger partial charge in [0.25, 0.3) is 0 Å². The van der Waals surface area contributed by atoms with Crippen LogP contribution in [0.3, 0.4) is 0 Å². The number of benzene rings is 1. The van der Waals surface area contributed by atoms with Gasteiger partial charge in [0, 0.05) is 6.04 Å². The maximum Gasteiger partial charge on any atom is 0.0100 e. The molecule has 0 bridgehead atoms. The van der Waals surface area contributed by atoms with Crippen LogP contribution in [-0.4, -0.2) is 13.1 Å². The molecule has 0 saturated heterocycles. The molecule has 0 spiro atoms. The van der Waals surface area contributed by atoms with Crippen molar-refractivity contribution < 1.29 is 0 Å². The third-order valence-electron chi connectivity index (χ3n) is 5.43. The zero-order valence-corrected chi connectivity index (χ0v) is 14.8.